The number of aromatic nitrogens is 1. The number of aryl methyl sites for hydroxylation is 1. The first-order chi connectivity index (χ1) is 17.5. The van der Waals surface area contributed by atoms with Crippen LogP contribution >= 0.6 is 0 Å². The SMILES string of the molecule is Cc1oc(-c2ccccc2)nc1CCOc1ccc(CN(CC(=O)O)NC(=O)c2ccccc2)cc1. The number of nitrogens with one attached hydrogen (secondary N) is 1. The van der Waals surface area contributed by atoms with Gasteiger partial charge in [-0.15, -0.1) is 0 Å². The van der Waals surface area contributed by atoms with Crippen LogP contribution in [0.15, 0.2) is 89.3 Å². The van der Waals surface area contributed by atoms with Crippen LogP contribution in [-0.4, -0.2) is 40.1 Å². The first kappa shape index (κ1) is 24.7. The zero-order valence-corrected chi connectivity index (χ0v) is 19.9. The monoisotopic (exact) mass is 485 g/mol. The van der Waals surface area contributed by atoms with E-state index in [0.717, 1.165) is 22.6 Å². The fourth-order valence-corrected chi connectivity index (χ4v) is 3.64. The summed E-state index contributed by atoms with van der Waals surface area (Å²) >= 11 is 0. The third-order valence-corrected chi connectivity index (χ3v) is 5.44. The molecule has 8 heteroatoms. The number of hydrogen-bond acceptors (Lipinski definition) is 6. The quantitative estimate of drug-likeness (QED) is 0.301. The first-order valence-electron chi connectivity index (χ1n) is 11.5. The van der Waals surface area contributed by atoms with Gasteiger partial charge in [-0.2, -0.15) is 0 Å². The average Bonchev–Trinajstić information content (AvgIpc) is 3.26. The van der Waals surface area contributed by atoms with Crippen molar-refractivity contribution in [2.24, 2.45) is 0 Å². The minimum Gasteiger partial charge on any atom is -0.493 e. The Morgan fingerprint density at radius 3 is 2.31 bits per heavy atom. The van der Waals surface area contributed by atoms with Gasteiger partial charge in [-0.3, -0.25) is 15.0 Å². The van der Waals surface area contributed by atoms with Gasteiger partial charge in [0.15, 0.2) is 0 Å². The molecule has 8 nitrogen and oxygen atoms in total. The van der Waals surface area contributed by atoms with E-state index >= 15 is 0 Å². The number of carboxylic acid groups (broad SMARTS) is 1. The summed E-state index contributed by atoms with van der Waals surface area (Å²) in [5.74, 6) is 0.639. The van der Waals surface area contributed by atoms with Gasteiger partial charge in [0.05, 0.1) is 12.3 Å². The molecule has 0 spiro atoms. The molecule has 0 aliphatic heterocycles. The van der Waals surface area contributed by atoms with Crippen LogP contribution < -0.4 is 10.2 Å². The molecule has 1 amide bonds. The summed E-state index contributed by atoms with van der Waals surface area (Å²) in [7, 11) is 0. The van der Waals surface area contributed by atoms with Crippen LogP contribution in [0.1, 0.15) is 27.4 Å². The van der Waals surface area contributed by atoms with Gasteiger partial charge in [0, 0.05) is 24.1 Å². The van der Waals surface area contributed by atoms with Crippen molar-refractivity contribution in [2.75, 3.05) is 13.2 Å². The fourth-order valence-electron chi connectivity index (χ4n) is 3.64. The van der Waals surface area contributed by atoms with Crippen LogP contribution in [0, 0.1) is 6.92 Å². The summed E-state index contributed by atoms with van der Waals surface area (Å²) in [6.45, 7) is 2.21. The van der Waals surface area contributed by atoms with Gasteiger partial charge in [0.1, 0.15) is 18.1 Å². The predicted octanol–water partition coefficient (Wildman–Crippen LogP) is 4.50. The lowest BCUT2D eigenvalue weighted by Crippen LogP contribution is -2.44. The van der Waals surface area contributed by atoms with Gasteiger partial charge in [-0.1, -0.05) is 48.5 Å². The van der Waals surface area contributed by atoms with Crippen LogP contribution in [0.4, 0.5) is 0 Å². The van der Waals surface area contributed by atoms with Crippen LogP contribution in [0.25, 0.3) is 11.5 Å². The maximum atomic E-state index is 12.4. The molecule has 4 rings (SSSR count). The summed E-state index contributed by atoms with van der Waals surface area (Å²) in [5.41, 5.74) is 5.73. The zero-order chi connectivity index (χ0) is 25.3. The molecule has 0 saturated carbocycles. The van der Waals surface area contributed by atoms with Gasteiger partial charge < -0.3 is 14.3 Å². The van der Waals surface area contributed by atoms with E-state index in [1.54, 1.807) is 24.3 Å². The van der Waals surface area contributed by atoms with Crippen molar-refractivity contribution in [3.63, 3.8) is 0 Å². The van der Waals surface area contributed by atoms with Gasteiger partial charge in [-0.05, 0) is 48.9 Å². The van der Waals surface area contributed by atoms with Crippen LogP contribution in [0.5, 0.6) is 5.75 Å². The smallest absolute Gasteiger partial charge is 0.319 e. The van der Waals surface area contributed by atoms with E-state index in [1.165, 1.54) is 5.01 Å². The third kappa shape index (κ3) is 6.80. The first-order valence-corrected chi connectivity index (χ1v) is 11.5. The molecule has 1 aromatic heterocycles. The van der Waals surface area contributed by atoms with Crippen molar-refractivity contribution in [1.82, 2.24) is 15.4 Å². The lowest BCUT2D eigenvalue weighted by atomic mass is 10.2. The van der Waals surface area contributed by atoms with E-state index in [9.17, 15) is 14.7 Å². The normalized spacial score (nSPS) is 10.8. The molecule has 1 heterocycles. The number of carboxylic acids is 1. The number of ether oxygens (including phenoxy) is 1. The number of hydrazine groups is 1. The number of aliphatic carboxylic acids is 1. The van der Waals surface area contributed by atoms with Gasteiger partial charge in [-0.25, -0.2) is 9.99 Å². The second-order valence-corrected chi connectivity index (χ2v) is 8.19. The molecule has 4 aromatic rings. The third-order valence-electron chi connectivity index (χ3n) is 5.44. The number of hydrogen-bond donors (Lipinski definition) is 2. The van der Waals surface area contributed by atoms with Crippen molar-refractivity contribution in [2.45, 2.75) is 19.9 Å². The highest BCUT2D eigenvalue weighted by Gasteiger charge is 2.15. The molecule has 0 radical (unpaired) electrons. The number of oxazole rings is 1. The molecule has 0 saturated heterocycles. The Kier molecular flexibility index (Phi) is 8.10. The number of benzene rings is 3. The minimum atomic E-state index is -1.04. The Hall–Kier alpha value is -4.43. The van der Waals surface area contributed by atoms with E-state index in [-0.39, 0.29) is 19.0 Å². The van der Waals surface area contributed by atoms with E-state index in [0.29, 0.717) is 30.2 Å². The van der Waals surface area contributed by atoms with E-state index in [4.69, 9.17) is 9.15 Å². The van der Waals surface area contributed by atoms with Crippen LogP contribution in [-0.2, 0) is 17.8 Å². The standard InChI is InChI=1S/C28H27N3O5/c1-20-25(29-28(36-20)23-10-6-3-7-11-23)16-17-35-24-14-12-21(13-15-24)18-31(19-26(32)33)30-27(34)22-8-4-2-5-9-22/h2-15H,16-19H2,1H3,(H,30,34)(H,32,33). The Balaban J connectivity index is 1.31. The van der Waals surface area contributed by atoms with Crippen LogP contribution in [0.2, 0.25) is 0 Å². The second-order valence-electron chi connectivity index (χ2n) is 8.19. The highest BCUT2D eigenvalue weighted by molar-refractivity contribution is 5.93. The van der Waals surface area contributed by atoms with Gasteiger partial charge in [0.2, 0.25) is 5.89 Å². The molecule has 184 valence electrons. The summed E-state index contributed by atoms with van der Waals surface area (Å²) < 4.78 is 11.7. The Morgan fingerprint density at radius 2 is 1.64 bits per heavy atom. The molecule has 0 fully saturated rings. The Labute approximate surface area is 209 Å². The van der Waals surface area contributed by atoms with Crippen molar-refractivity contribution >= 4 is 11.9 Å². The lowest BCUT2D eigenvalue weighted by molar-refractivity contribution is -0.139. The van der Waals surface area contributed by atoms with Crippen molar-refractivity contribution < 1.29 is 23.8 Å². The molecule has 0 bridgehead atoms. The van der Waals surface area contributed by atoms with Gasteiger partial charge >= 0.3 is 5.97 Å². The Bertz CT molecular complexity index is 1290. The summed E-state index contributed by atoms with van der Waals surface area (Å²) in [6, 6.07) is 25.7. The molecule has 0 aliphatic carbocycles. The van der Waals surface area contributed by atoms with E-state index < -0.39 is 5.97 Å². The van der Waals surface area contributed by atoms with Crippen LogP contribution in [0.3, 0.4) is 0 Å². The van der Waals surface area contributed by atoms with E-state index in [2.05, 4.69) is 10.4 Å². The number of carbonyl (C=O) groups excluding carboxylic acids is 1. The predicted molar refractivity (Wildman–Crippen MR) is 134 cm³/mol. The Morgan fingerprint density at radius 1 is 0.972 bits per heavy atom. The molecule has 0 unspecified atom stereocenters. The van der Waals surface area contributed by atoms with Crippen molar-refractivity contribution in [1.29, 1.82) is 0 Å². The number of carbonyl (C=O) groups is 2. The summed E-state index contributed by atoms with van der Waals surface area (Å²) in [4.78, 5) is 28.3. The van der Waals surface area contributed by atoms with Crippen molar-refractivity contribution in [3.8, 4) is 17.2 Å². The second kappa shape index (κ2) is 11.8. The fraction of sp³-hybridized carbons (Fsp3) is 0.179. The molecular weight excluding hydrogens is 458 g/mol. The highest BCUT2D eigenvalue weighted by atomic mass is 16.5. The molecule has 3 aromatic carbocycles. The highest BCUT2D eigenvalue weighted by Crippen LogP contribution is 2.22. The number of rotatable bonds is 11. The lowest BCUT2D eigenvalue weighted by Gasteiger charge is -2.21. The molecule has 0 aliphatic rings. The maximum absolute atomic E-state index is 12.4. The maximum Gasteiger partial charge on any atom is 0.319 e. The molecular formula is C28H27N3O5. The topological polar surface area (TPSA) is 105 Å². The average molecular weight is 486 g/mol. The van der Waals surface area contributed by atoms with E-state index in [1.807, 2.05) is 67.6 Å². The zero-order valence-electron chi connectivity index (χ0n) is 19.9. The molecule has 36 heavy (non-hydrogen) atoms. The molecule has 0 atom stereocenters. The van der Waals surface area contributed by atoms with Crippen molar-refractivity contribution in [3.05, 3.63) is 108 Å². The summed E-state index contributed by atoms with van der Waals surface area (Å²) in [6.07, 6.45) is 0.599. The summed E-state index contributed by atoms with van der Waals surface area (Å²) in [5, 5.41) is 10.6. The minimum absolute atomic E-state index is 0.228. The largest absolute Gasteiger partial charge is 0.493 e. The van der Waals surface area contributed by atoms with Gasteiger partial charge in [0.25, 0.3) is 5.91 Å². The number of amides is 1. The molecule has 2 N–H and O–H groups in total. The number of nitrogens with zero attached hydrogens (tertiary/aromatic N) is 2.